The molecule has 0 saturated carbocycles. The van der Waals surface area contributed by atoms with E-state index >= 15 is 0 Å². The number of fused-ring (bicyclic) bond motifs is 1. The van der Waals surface area contributed by atoms with Crippen LogP contribution >= 0.6 is 0 Å². The average molecular weight is 445 g/mol. The molecule has 0 radical (unpaired) electrons. The highest BCUT2D eigenvalue weighted by Gasteiger charge is 2.44. The molecule has 8 heteroatoms. The number of aliphatic hydroxyl groups is 4. The van der Waals surface area contributed by atoms with Crippen molar-refractivity contribution in [1.29, 1.82) is 0 Å². The molecule has 0 aliphatic carbocycles. The molecule has 0 unspecified atom stereocenters. The quantitative estimate of drug-likeness (QED) is 0.463. The van der Waals surface area contributed by atoms with E-state index in [0.29, 0.717) is 23.5 Å². The molecule has 1 saturated heterocycles. The Kier molecular flexibility index (Phi) is 6.50. The molecule has 3 aromatic rings. The van der Waals surface area contributed by atoms with Gasteiger partial charge < -0.3 is 34.5 Å². The molecular formula is C24H28FNO6. The van der Waals surface area contributed by atoms with Crippen LogP contribution in [-0.2, 0) is 11.3 Å². The molecule has 7 nitrogen and oxygen atoms in total. The third-order valence-electron chi connectivity index (χ3n) is 6.01. The SMILES string of the molecule is CCOc1ccc(Cn2cc([C@@H]3O[C@H](CO)[C@@H](O)[C@H](O)[C@H]3O)c3cccc(C)c32)c(F)c1. The van der Waals surface area contributed by atoms with Gasteiger partial charge in [0, 0.05) is 28.8 Å². The summed E-state index contributed by atoms with van der Waals surface area (Å²) >= 11 is 0. The lowest BCUT2D eigenvalue weighted by Gasteiger charge is -2.40. The van der Waals surface area contributed by atoms with Crippen molar-refractivity contribution in [3.63, 3.8) is 0 Å². The first kappa shape index (κ1) is 22.7. The minimum atomic E-state index is -1.47. The first-order valence-corrected chi connectivity index (χ1v) is 10.7. The van der Waals surface area contributed by atoms with Crippen LogP contribution in [0.5, 0.6) is 5.75 Å². The number of rotatable bonds is 6. The van der Waals surface area contributed by atoms with Crippen LogP contribution in [0.15, 0.2) is 42.6 Å². The van der Waals surface area contributed by atoms with Crippen molar-refractivity contribution in [3.05, 3.63) is 65.1 Å². The van der Waals surface area contributed by atoms with Gasteiger partial charge in [0.1, 0.15) is 42.1 Å². The van der Waals surface area contributed by atoms with Gasteiger partial charge in [-0.25, -0.2) is 4.39 Å². The van der Waals surface area contributed by atoms with Crippen molar-refractivity contribution in [3.8, 4) is 5.75 Å². The Labute approximate surface area is 185 Å². The van der Waals surface area contributed by atoms with E-state index < -0.39 is 37.1 Å². The monoisotopic (exact) mass is 445 g/mol. The molecule has 32 heavy (non-hydrogen) atoms. The Morgan fingerprint density at radius 2 is 1.88 bits per heavy atom. The minimum Gasteiger partial charge on any atom is -0.494 e. The summed E-state index contributed by atoms with van der Waals surface area (Å²) in [5.74, 6) is 0.0741. The zero-order valence-electron chi connectivity index (χ0n) is 18.0. The first-order chi connectivity index (χ1) is 15.3. The second-order valence-electron chi connectivity index (χ2n) is 8.12. The number of aryl methyl sites for hydroxylation is 1. The topological polar surface area (TPSA) is 104 Å². The molecule has 0 amide bonds. The van der Waals surface area contributed by atoms with Gasteiger partial charge in [-0.1, -0.05) is 24.3 Å². The Balaban J connectivity index is 1.76. The molecule has 0 bridgehead atoms. The fraction of sp³-hybridized carbons (Fsp3) is 0.417. The Morgan fingerprint density at radius 3 is 2.56 bits per heavy atom. The molecular weight excluding hydrogens is 417 g/mol. The van der Waals surface area contributed by atoms with Crippen LogP contribution < -0.4 is 4.74 Å². The number of halogens is 1. The average Bonchev–Trinajstić information content (AvgIpc) is 3.14. The third kappa shape index (κ3) is 4.00. The number of aliphatic hydroxyl groups excluding tert-OH is 4. The Bertz CT molecular complexity index is 1100. The lowest BCUT2D eigenvalue weighted by Crippen LogP contribution is -2.55. The highest BCUT2D eigenvalue weighted by Crippen LogP contribution is 2.38. The van der Waals surface area contributed by atoms with Gasteiger partial charge in [-0.05, 0) is 25.5 Å². The van der Waals surface area contributed by atoms with Crippen molar-refractivity contribution in [2.45, 2.75) is 50.9 Å². The number of aromatic nitrogens is 1. The lowest BCUT2D eigenvalue weighted by atomic mass is 9.91. The molecule has 2 aromatic carbocycles. The van der Waals surface area contributed by atoms with Crippen molar-refractivity contribution >= 4 is 10.9 Å². The van der Waals surface area contributed by atoms with Gasteiger partial charge in [0.05, 0.1) is 25.3 Å². The van der Waals surface area contributed by atoms with Gasteiger partial charge in [0.25, 0.3) is 0 Å². The number of hydrogen-bond acceptors (Lipinski definition) is 6. The zero-order chi connectivity index (χ0) is 23.0. The summed E-state index contributed by atoms with van der Waals surface area (Å²) in [5, 5.41) is 41.3. The predicted octanol–water partition coefficient (Wildman–Crippen LogP) is 2.05. The van der Waals surface area contributed by atoms with E-state index in [2.05, 4.69) is 0 Å². The van der Waals surface area contributed by atoms with Crippen LogP contribution in [0.2, 0.25) is 0 Å². The van der Waals surface area contributed by atoms with E-state index in [1.807, 2.05) is 36.6 Å². The van der Waals surface area contributed by atoms with Crippen LogP contribution in [0.3, 0.4) is 0 Å². The molecule has 4 N–H and O–H groups in total. The number of nitrogens with zero attached hydrogens (tertiary/aromatic N) is 1. The van der Waals surface area contributed by atoms with E-state index in [-0.39, 0.29) is 12.4 Å². The van der Waals surface area contributed by atoms with Crippen LogP contribution in [-0.4, -0.2) is 62.6 Å². The van der Waals surface area contributed by atoms with Crippen LogP contribution in [0.4, 0.5) is 4.39 Å². The molecule has 0 spiro atoms. The van der Waals surface area contributed by atoms with Crippen LogP contribution in [0.1, 0.15) is 29.7 Å². The molecule has 172 valence electrons. The van der Waals surface area contributed by atoms with Crippen molar-refractivity contribution in [2.75, 3.05) is 13.2 Å². The Morgan fingerprint density at radius 1 is 1.09 bits per heavy atom. The zero-order valence-corrected chi connectivity index (χ0v) is 18.0. The minimum absolute atomic E-state index is 0.233. The maximum atomic E-state index is 14.7. The van der Waals surface area contributed by atoms with Crippen LogP contribution in [0.25, 0.3) is 10.9 Å². The number of para-hydroxylation sites is 1. The predicted molar refractivity (Wildman–Crippen MR) is 116 cm³/mol. The fourth-order valence-corrected chi connectivity index (χ4v) is 4.38. The van der Waals surface area contributed by atoms with Gasteiger partial charge in [-0.3, -0.25) is 0 Å². The van der Waals surface area contributed by atoms with Crippen molar-refractivity contribution in [2.24, 2.45) is 0 Å². The number of benzene rings is 2. The van der Waals surface area contributed by atoms with E-state index in [4.69, 9.17) is 9.47 Å². The summed E-state index contributed by atoms with van der Waals surface area (Å²) in [7, 11) is 0. The normalized spacial score (nSPS) is 25.9. The molecule has 4 rings (SSSR count). The van der Waals surface area contributed by atoms with Gasteiger partial charge in [0.2, 0.25) is 0 Å². The molecule has 1 fully saturated rings. The number of hydrogen-bond donors (Lipinski definition) is 4. The summed E-state index contributed by atoms with van der Waals surface area (Å²) in [5.41, 5.74) is 2.85. The molecule has 5 atom stereocenters. The van der Waals surface area contributed by atoms with E-state index in [9.17, 15) is 24.8 Å². The van der Waals surface area contributed by atoms with Crippen molar-refractivity contribution in [1.82, 2.24) is 4.57 Å². The molecule has 2 heterocycles. The summed E-state index contributed by atoms with van der Waals surface area (Å²) in [6.45, 7) is 3.95. The maximum absolute atomic E-state index is 14.7. The lowest BCUT2D eigenvalue weighted by molar-refractivity contribution is -0.231. The standard InChI is InChI=1S/C24H28FNO6/c1-3-31-15-8-7-14(18(25)9-15)10-26-11-17(16-6-4-5-13(2)20(16)26)24-23(30)22(29)21(28)19(12-27)32-24/h4-9,11,19,21-24,27-30H,3,10,12H2,1-2H3/t19-,21-,22+,23-,24+/m1/s1. The van der Waals surface area contributed by atoms with Gasteiger partial charge in [-0.15, -0.1) is 0 Å². The molecule has 1 aliphatic heterocycles. The summed E-state index contributed by atoms with van der Waals surface area (Å²) in [4.78, 5) is 0. The fourth-order valence-electron chi connectivity index (χ4n) is 4.38. The van der Waals surface area contributed by atoms with E-state index in [0.717, 1.165) is 16.5 Å². The second kappa shape index (κ2) is 9.17. The van der Waals surface area contributed by atoms with Gasteiger partial charge in [-0.2, -0.15) is 0 Å². The number of ether oxygens (including phenoxy) is 2. The van der Waals surface area contributed by atoms with Gasteiger partial charge in [0.15, 0.2) is 0 Å². The summed E-state index contributed by atoms with van der Waals surface area (Å²) < 4.78 is 27.7. The second-order valence-corrected chi connectivity index (χ2v) is 8.12. The maximum Gasteiger partial charge on any atom is 0.131 e. The largest absolute Gasteiger partial charge is 0.494 e. The smallest absolute Gasteiger partial charge is 0.131 e. The summed E-state index contributed by atoms with van der Waals surface area (Å²) in [6.07, 6.45) is -4.52. The highest BCUT2D eigenvalue weighted by atomic mass is 19.1. The first-order valence-electron chi connectivity index (χ1n) is 10.7. The van der Waals surface area contributed by atoms with Crippen molar-refractivity contribution < 1.29 is 34.3 Å². The third-order valence-corrected chi connectivity index (χ3v) is 6.01. The molecule has 1 aromatic heterocycles. The van der Waals surface area contributed by atoms with Crippen LogP contribution in [0, 0.1) is 12.7 Å². The van der Waals surface area contributed by atoms with Gasteiger partial charge >= 0.3 is 0 Å². The van der Waals surface area contributed by atoms with E-state index in [1.54, 1.807) is 18.3 Å². The highest BCUT2D eigenvalue weighted by molar-refractivity contribution is 5.87. The Hall–Kier alpha value is -2.49. The molecule has 1 aliphatic rings. The van der Waals surface area contributed by atoms with E-state index in [1.165, 1.54) is 6.07 Å². The summed E-state index contributed by atoms with van der Waals surface area (Å²) in [6, 6.07) is 10.4.